The lowest BCUT2D eigenvalue weighted by atomic mass is 10.1. The van der Waals surface area contributed by atoms with Gasteiger partial charge in [-0.1, -0.05) is 11.6 Å². The molecular formula is C12H17ClN2S. The number of aliphatic imine (C=N–C) groups is 1. The van der Waals surface area contributed by atoms with E-state index < -0.39 is 0 Å². The van der Waals surface area contributed by atoms with E-state index in [1.54, 1.807) is 11.8 Å². The molecule has 0 spiro atoms. The third kappa shape index (κ3) is 5.42. The van der Waals surface area contributed by atoms with Gasteiger partial charge in [0.15, 0.2) is 0 Å². The van der Waals surface area contributed by atoms with Crippen molar-refractivity contribution in [3.63, 3.8) is 0 Å². The van der Waals surface area contributed by atoms with Gasteiger partial charge in [0.05, 0.1) is 11.3 Å². The van der Waals surface area contributed by atoms with Gasteiger partial charge in [0, 0.05) is 9.92 Å². The number of thioether (sulfide) groups is 1. The van der Waals surface area contributed by atoms with Gasteiger partial charge in [-0.05, 0) is 45.0 Å². The molecule has 16 heavy (non-hydrogen) atoms. The van der Waals surface area contributed by atoms with Gasteiger partial charge in [0.1, 0.15) is 5.84 Å². The lowest BCUT2D eigenvalue weighted by Crippen LogP contribution is -2.22. The Hall–Kier alpha value is -0.670. The van der Waals surface area contributed by atoms with Crippen LogP contribution in [0.4, 0.5) is 0 Å². The predicted octanol–water partition coefficient (Wildman–Crippen LogP) is 3.59. The minimum absolute atomic E-state index is 0.107. The summed E-state index contributed by atoms with van der Waals surface area (Å²) in [6.45, 7) is 6.10. The van der Waals surface area contributed by atoms with E-state index in [1.807, 2.05) is 45.0 Å². The first kappa shape index (κ1) is 13.4. The summed E-state index contributed by atoms with van der Waals surface area (Å²) in [6.07, 6.45) is 0. The Balaban J connectivity index is 2.52. The second-order valence-electron chi connectivity index (χ2n) is 4.52. The Morgan fingerprint density at radius 2 is 1.88 bits per heavy atom. The van der Waals surface area contributed by atoms with Crippen molar-refractivity contribution in [1.82, 2.24) is 0 Å². The van der Waals surface area contributed by atoms with Gasteiger partial charge in [-0.25, -0.2) is 0 Å². The van der Waals surface area contributed by atoms with E-state index in [0.717, 1.165) is 9.92 Å². The van der Waals surface area contributed by atoms with Crippen LogP contribution in [-0.4, -0.2) is 17.1 Å². The Morgan fingerprint density at radius 3 is 2.38 bits per heavy atom. The molecule has 4 heteroatoms. The number of amidine groups is 1. The van der Waals surface area contributed by atoms with Crippen LogP contribution in [-0.2, 0) is 0 Å². The Kier molecular flexibility index (Phi) is 4.69. The van der Waals surface area contributed by atoms with E-state index in [1.165, 1.54) is 0 Å². The molecule has 0 fully saturated rings. The monoisotopic (exact) mass is 256 g/mol. The smallest absolute Gasteiger partial charge is 0.105 e. The van der Waals surface area contributed by atoms with Crippen LogP contribution in [0.1, 0.15) is 20.8 Å². The molecule has 0 unspecified atom stereocenters. The van der Waals surface area contributed by atoms with Crippen LogP contribution in [0, 0.1) is 0 Å². The van der Waals surface area contributed by atoms with Crippen molar-refractivity contribution in [2.75, 3.05) is 5.75 Å². The van der Waals surface area contributed by atoms with E-state index in [0.29, 0.717) is 11.6 Å². The zero-order valence-electron chi connectivity index (χ0n) is 9.83. The van der Waals surface area contributed by atoms with Crippen LogP contribution in [0.25, 0.3) is 0 Å². The van der Waals surface area contributed by atoms with Gasteiger partial charge in [0.2, 0.25) is 0 Å². The van der Waals surface area contributed by atoms with Crippen LogP contribution in [0.5, 0.6) is 0 Å². The highest BCUT2D eigenvalue weighted by molar-refractivity contribution is 8.00. The van der Waals surface area contributed by atoms with Crippen LogP contribution in [0.3, 0.4) is 0 Å². The number of nitrogens with zero attached hydrogens (tertiary/aromatic N) is 1. The average Bonchev–Trinajstić information content (AvgIpc) is 2.14. The second kappa shape index (κ2) is 5.60. The number of nitrogens with two attached hydrogens (primary N) is 1. The summed E-state index contributed by atoms with van der Waals surface area (Å²) in [6, 6.07) is 7.72. The fourth-order valence-corrected chi connectivity index (χ4v) is 1.98. The molecule has 0 amide bonds. The summed E-state index contributed by atoms with van der Waals surface area (Å²) in [4.78, 5) is 5.54. The number of rotatable bonds is 3. The van der Waals surface area contributed by atoms with E-state index in [2.05, 4.69) is 4.99 Å². The second-order valence-corrected chi connectivity index (χ2v) is 6.00. The SMILES string of the molecule is CC(C)(C)N=C(N)CSc1ccc(Cl)cc1. The summed E-state index contributed by atoms with van der Waals surface area (Å²) < 4.78 is 0. The molecule has 0 saturated heterocycles. The maximum atomic E-state index is 5.84. The summed E-state index contributed by atoms with van der Waals surface area (Å²) in [5.41, 5.74) is 5.73. The zero-order chi connectivity index (χ0) is 12.2. The molecule has 1 aromatic rings. The first-order valence-corrected chi connectivity index (χ1v) is 6.46. The predicted molar refractivity (Wildman–Crippen MR) is 73.6 cm³/mol. The fraction of sp³-hybridized carbons (Fsp3) is 0.417. The minimum atomic E-state index is -0.107. The quantitative estimate of drug-likeness (QED) is 0.510. The summed E-state index contributed by atoms with van der Waals surface area (Å²) in [5, 5.41) is 0.751. The van der Waals surface area contributed by atoms with Gasteiger partial charge >= 0.3 is 0 Å². The molecule has 0 bridgehead atoms. The van der Waals surface area contributed by atoms with Gasteiger partial charge in [-0.3, -0.25) is 4.99 Å². The molecule has 1 aromatic carbocycles. The maximum absolute atomic E-state index is 5.84. The molecule has 2 nitrogen and oxygen atoms in total. The van der Waals surface area contributed by atoms with Crippen LogP contribution in [0.2, 0.25) is 5.02 Å². The normalized spacial score (nSPS) is 12.9. The first-order valence-electron chi connectivity index (χ1n) is 5.09. The number of halogens is 1. The standard InChI is InChI=1S/C12H17ClN2S/c1-12(2,3)15-11(14)8-16-10-6-4-9(13)5-7-10/h4-7H,8H2,1-3H3,(H2,14,15). The Morgan fingerprint density at radius 1 is 1.31 bits per heavy atom. The van der Waals surface area contributed by atoms with Crippen molar-refractivity contribution in [1.29, 1.82) is 0 Å². The van der Waals surface area contributed by atoms with E-state index >= 15 is 0 Å². The summed E-state index contributed by atoms with van der Waals surface area (Å²) in [5.74, 6) is 1.38. The van der Waals surface area contributed by atoms with E-state index in [4.69, 9.17) is 17.3 Å². The molecule has 0 aliphatic rings. The van der Waals surface area contributed by atoms with Gasteiger partial charge in [0.25, 0.3) is 0 Å². The topological polar surface area (TPSA) is 38.4 Å². The molecule has 0 saturated carbocycles. The highest BCUT2D eigenvalue weighted by atomic mass is 35.5. The molecule has 0 heterocycles. The average molecular weight is 257 g/mol. The zero-order valence-corrected chi connectivity index (χ0v) is 11.4. The molecule has 1 rings (SSSR count). The third-order valence-corrected chi connectivity index (χ3v) is 2.98. The third-order valence-electron chi connectivity index (χ3n) is 1.68. The molecule has 0 aliphatic heterocycles. The molecule has 0 atom stereocenters. The number of hydrogen-bond acceptors (Lipinski definition) is 2. The van der Waals surface area contributed by atoms with Crippen LogP contribution < -0.4 is 5.73 Å². The van der Waals surface area contributed by atoms with Crippen molar-refractivity contribution in [3.8, 4) is 0 Å². The van der Waals surface area contributed by atoms with Crippen molar-refractivity contribution >= 4 is 29.2 Å². The van der Waals surface area contributed by atoms with Crippen LogP contribution >= 0.6 is 23.4 Å². The molecule has 0 aromatic heterocycles. The Bertz CT molecular complexity index is 366. The van der Waals surface area contributed by atoms with E-state index in [9.17, 15) is 0 Å². The maximum Gasteiger partial charge on any atom is 0.105 e. The highest BCUT2D eigenvalue weighted by Gasteiger charge is 2.08. The number of hydrogen-bond donors (Lipinski definition) is 1. The van der Waals surface area contributed by atoms with Crippen molar-refractivity contribution in [3.05, 3.63) is 29.3 Å². The molecule has 2 N–H and O–H groups in total. The van der Waals surface area contributed by atoms with Crippen LogP contribution in [0.15, 0.2) is 34.2 Å². The summed E-state index contributed by atoms with van der Waals surface area (Å²) >= 11 is 7.47. The minimum Gasteiger partial charge on any atom is -0.387 e. The van der Waals surface area contributed by atoms with E-state index in [-0.39, 0.29) is 5.54 Å². The molecule has 0 radical (unpaired) electrons. The number of benzene rings is 1. The van der Waals surface area contributed by atoms with Crippen molar-refractivity contribution in [2.45, 2.75) is 31.2 Å². The van der Waals surface area contributed by atoms with Gasteiger partial charge < -0.3 is 5.73 Å². The summed E-state index contributed by atoms with van der Waals surface area (Å²) in [7, 11) is 0. The highest BCUT2D eigenvalue weighted by Crippen LogP contribution is 2.20. The molecule has 88 valence electrons. The van der Waals surface area contributed by atoms with Crippen molar-refractivity contribution < 1.29 is 0 Å². The molecule has 0 aliphatic carbocycles. The Labute approximate surface area is 106 Å². The van der Waals surface area contributed by atoms with Gasteiger partial charge in [-0.2, -0.15) is 0 Å². The van der Waals surface area contributed by atoms with Gasteiger partial charge in [-0.15, -0.1) is 11.8 Å². The van der Waals surface area contributed by atoms with Crippen molar-refractivity contribution in [2.24, 2.45) is 10.7 Å². The molecular weight excluding hydrogens is 240 g/mol. The lowest BCUT2D eigenvalue weighted by Gasteiger charge is -2.13. The lowest BCUT2D eigenvalue weighted by molar-refractivity contribution is 0.583. The largest absolute Gasteiger partial charge is 0.387 e. The first-order chi connectivity index (χ1) is 7.37. The fourth-order valence-electron chi connectivity index (χ4n) is 1.15.